The van der Waals surface area contributed by atoms with E-state index in [0.717, 1.165) is 12.1 Å². The summed E-state index contributed by atoms with van der Waals surface area (Å²) >= 11 is 0. The number of rotatable bonds is 8. The molecule has 1 aliphatic rings. The van der Waals surface area contributed by atoms with E-state index in [2.05, 4.69) is 5.32 Å². The zero-order valence-electron chi connectivity index (χ0n) is 17.0. The van der Waals surface area contributed by atoms with Crippen LogP contribution in [-0.2, 0) is 27.3 Å². The Morgan fingerprint density at radius 1 is 1.20 bits per heavy atom. The summed E-state index contributed by atoms with van der Waals surface area (Å²) in [7, 11) is 4.46. The molecule has 9 heteroatoms. The van der Waals surface area contributed by atoms with Crippen molar-refractivity contribution < 1.29 is 27.8 Å². The first kappa shape index (κ1) is 21.7. The van der Waals surface area contributed by atoms with Gasteiger partial charge in [0.25, 0.3) is 5.91 Å². The van der Waals surface area contributed by atoms with Crippen LogP contribution in [0.3, 0.4) is 0 Å². The van der Waals surface area contributed by atoms with Crippen molar-refractivity contribution in [1.29, 1.82) is 0 Å². The van der Waals surface area contributed by atoms with Crippen molar-refractivity contribution in [2.45, 2.75) is 26.3 Å². The zero-order chi connectivity index (χ0) is 22.0. The number of aromatic nitrogens is 1. The third-order valence-electron chi connectivity index (χ3n) is 4.99. The highest BCUT2D eigenvalue weighted by Gasteiger charge is 2.33. The number of nitrogens with one attached hydrogen (secondary N) is 1. The predicted octanol–water partition coefficient (Wildman–Crippen LogP) is 2.52. The molecule has 0 spiro atoms. The molecule has 0 fully saturated rings. The van der Waals surface area contributed by atoms with Gasteiger partial charge in [-0.2, -0.15) is 0 Å². The van der Waals surface area contributed by atoms with Gasteiger partial charge in [0.05, 0.1) is 24.9 Å². The molecule has 1 aliphatic carbocycles. The fourth-order valence-corrected chi connectivity index (χ4v) is 3.38. The first-order chi connectivity index (χ1) is 14.3. The number of nitrogens with zero attached hydrogens (tertiary/aromatic N) is 1. The standard InChI is InChI=1S/C21H22F2N2O5/c1-11-17-18(20(11)30-4)25(10-16(28-2)29-3)9-14(19(17)26)21(27)24-8-12-5-6-13(22)7-15(12)23/h5-7,9,16H,8,10H2,1-4H3,(H,24,27). The van der Waals surface area contributed by atoms with Gasteiger partial charge >= 0.3 is 0 Å². The lowest BCUT2D eigenvalue weighted by molar-refractivity contribution is -0.111. The van der Waals surface area contributed by atoms with Gasteiger partial charge in [-0.1, -0.05) is 6.07 Å². The number of benzene rings is 1. The molecule has 0 radical (unpaired) electrons. The normalized spacial score (nSPS) is 12.6. The summed E-state index contributed by atoms with van der Waals surface area (Å²) in [5, 5.41) is 2.51. The van der Waals surface area contributed by atoms with Crippen LogP contribution in [0, 0.1) is 11.6 Å². The number of hydrogen-bond donors (Lipinski definition) is 1. The van der Waals surface area contributed by atoms with Gasteiger partial charge in [0.1, 0.15) is 23.0 Å². The fraction of sp³-hybridized carbons (Fsp3) is 0.333. The van der Waals surface area contributed by atoms with E-state index >= 15 is 0 Å². The molecule has 2 aromatic rings. The predicted molar refractivity (Wildman–Crippen MR) is 106 cm³/mol. The van der Waals surface area contributed by atoms with Crippen LogP contribution in [0.5, 0.6) is 0 Å². The Morgan fingerprint density at radius 2 is 1.90 bits per heavy atom. The smallest absolute Gasteiger partial charge is 0.257 e. The third-order valence-corrected chi connectivity index (χ3v) is 4.99. The van der Waals surface area contributed by atoms with E-state index in [0.29, 0.717) is 22.6 Å². The van der Waals surface area contributed by atoms with Crippen molar-refractivity contribution >= 4 is 17.2 Å². The van der Waals surface area contributed by atoms with Gasteiger partial charge in [0, 0.05) is 44.2 Å². The lowest BCUT2D eigenvalue weighted by Gasteiger charge is -2.29. The summed E-state index contributed by atoms with van der Waals surface area (Å²) in [5.41, 5.74) is 1.10. The van der Waals surface area contributed by atoms with Gasteiger partial charge in [-0.15, -0.1) is 0 Å². The van der Waals surface area contributed by atoms with E-state index in [-0.39, 0.29) is 24.2 Å². The van der Waals surface area contributed by atoms with E-state index in [9.17, 15) is 18.4 Å². The van der Waals surface area contributed by atoms with E-state index < -0.39 is 29.3 Å². The summed E-state index contributed by atoms with van der Waals surface area (Å²) in [6.45, 7) is 1.74. The molecule has 0 unspecified atom stereocenters. The van der Waals surface area contributed by atoms with Crippen LogP contribution in [-0.4, -0.2) is 38.1 Å². The Bertz CT molecular complexity index is 1070. The number of carbonyl (C=O) groups excluding carboxylic acids is 1. The van der Waals surface area contributed by atoms with E-state index in [1.807, 2.05) is 0 Å². The Balaban J connectivity index is 1.93. The SMILES string of the molecule is COC1=C(C)c2c1n(CC(OC)OC)cc(C(=O)NCc1ccc(F)cc1F)c2=O. The minimum absolute atomic E-state index is 0.102. The van der Waals surface area contributed by atoms with Crippen LogP contribution < -0.4 is 10.7 Å². The molecule has 1 heterocycles. The average molecular weight is 420 g/mol. The number of hydrogen-bond acceptors (Lipinski definition) is 5. The molecule has 1 aromatic carbocycles. The molecule has 1 aromatic heterocycles. The number of carbonyl (C=O) groups is 1. The summed E-state index contributed by atoms with van der Waals surface area (Å²) in [4.78, 5) is 25.6. The van der Waals surface area contributed by atoms with Crippen LogP contribution in [0.1, 0.15) is 34.1 Å². The zero-order valence-corrected chi connectivity index (χ0v) is 17.0. The molecule has 0 aliphatic heterocycles. The van der Waals surface area contributed by atoms with Gasteiger partial charge < -0.3 is 24.1 Å². The summed E-state index contributed by atoms with van der Waals surface area (Å²) < 4.78 is 44.3. The minimum atomic E-state index is -0.781. The molecule has 7 nitrogen and oxygen atoms in total. The monoisotopic (exact) mass is 420 g/mol. The van der Waals surface area contributed by atoms with Crippen molar-refractivity contribution in [3.8, 4) is 0 Å². The topological polar surface area (TPSA) is 78.8 Å². The molecule has 3 rings (SSSR count). The van der Waals surface area contributed by atoms with Crippen LogP contribution in [0.15, 0.2) is 29.2 Å². The van der Waals surface area contributed by atoms with Crippen LogP contribution >= 0.6 is 0 Å². The van der Waals surface area contributed by atoms with Crippen LogP contribution in [0.4, 0.5) is 8.78 Å². The molecule has 0 atom stereocenters. The number of methoxy groups -OCH3 is 3. The van der Waals surface area contributed by atoms with Crippen molar-refractivity contribution in [3.05, 3.63) is 68.6 Å². The minimum Gasteiger partial charge on any atom is -0.494 e. The lowest BCUT2D eigenvalue weighted by Crippen LogP contribution is -2.36. The molecule has 1 N–H and O–H groups in total. The second kappa shape index (κ2) is 8.76. The van der Waals surface area contributed by atoms with Gasteiger partial charge in [0.15, 0.2) is 6.29 Å². The average Bonchev–Trinajstić information content (AvgIpc) is 2.71. The van der Waals surface area contributed by atoms with Crippen molar-refractivity contribution in [2.24, 2.45) is 0 Å². The van der Waals surface area contributed by atoms with Crippen molar-refractivity contribution in [2.75, 3.05) is 21.3 Å². The van der Waals surface area contributed by atoms with E-state index in [1.165, 1.54) is 33.6 Å². The molecule has 0 bridgehead atoms. The maximum atomic E-state index is 13.8. The second-order valence-electron chi connectivity index (χ2n) is 6.73. The van der Waals surface area contributed by atoms with Gasteiger partial charge in [-0.25, -0.2) is 8.78 Å². The quantitative estimate of drug-likeness (QED) is 0.664. The molecule has 30 heavy (non-hydrogen) atoms. The largest absolute Gasteiger partial charge is 0.494 e. The number of pyridine rings is 1. The maximum absolute atomic E-state index is 13.8. The van der Waals surface area contributed by atoms with Gasteiger partial charge in [0.2, 0.25) is 5.43 Å². The Morgan fingerprint density at radius 3 is 2.50 bits per heavy atom. The van der Waals surface area contributed by atoms with Crippen molar-refractivity contribution in [1.82, 2.24) is 9.88 Å². The van der Waals surface area contributed by atoms with Gasteiger partial charge in [-0.05, 0) is 13.0 Å². The number of halogens is 2. The number of allylic oxidation sites excluding steroid dienone is 1. The van der Waals surface area contributed by atoms with E-state index in [1.54, 1.807) is 11.5 Å². The van der Waals surface area contributed by atoms with E-state index in [4.69, 9.17) is 14.2 Å². The molecular formula is C21H22F2N2O5. The van der Waals surface area contributed by atoms with Crippen LogP contribution in [0.2, 0.25) is 0 Å². The number of fused-ring (bicyclic) bond motifs is 1. The highest BCUT2D eigenvalue weighted by atomic mass is 19.1. The maximum Gasteiger partial charge on any atom is 0.257 e. The summed E-state index contributed by atoms with van der Waals surface area (Å²) in [6.07, 6.45) is 0.786. The fourth-order valence-electron chi connectivity index (χ4n) is 3.38. The first-order valence-corrected chi connectivity index (χ1v) is 9.13. The number of ether oxygens (including phenoxy) is 3. The molecule has 0 saturated carbocycles. The third kappa shape index (κ3) is 3.86. The molecule has 0 saturated heterocycles. The first-order valence-electron chi connectivity index (χ1n) is 9.13. The summed E-state index contributed by atoms with van der Waals surface area (Å²) in [6, 6.07) is 3.06. The Kier molecular flexibility index (Phi) is 6.33. The second-order valence-corrected chi connectivity index (χ2v) is 6.73. The van der Waals surface area contributed by atoms with Crippen LogP contribution in [0.25, 0.3) is 11.3 Å². The lowest BCUT2D eigenvalue weighted by atomic mass is 9.89. The highest BCUT2D eigenvalue weighted by molar-refractivity contribution is 6.02. The van der Waals surface area contributed by atoms with Crippen molar-refractivity contribution in [3.63, 3.8) is 0 Å². The Labute approximate surface area is 171 Å². The summed E-state index contributed by atoms with van der Waals surface area (Å²) in [5.74, 6) is -1.62. The molecule has 160 valence electrons. The number of amides is 1. The molecule has 1 amide bonds. The Hall–Kier alpha value is -3.04. The van der Waals surface area contributed by atoms with Gasteiger partial charge in [-0.3, -0.25) is 9.59 Å². The molecular weight excluding hydrogens is 398 g/mol. The highest BCUT2D eigenvalue weighted by Crippen LogP contribution is 2.38.